The molecule has 0 atom stereocenters. The number of aromatic nitrogens is 1. The van der Waals surface area contributed by atoms with Crippen molar-refractivity contribution >= 4 is 17.3 Å². The Morgan fingerprint density at radius 3 is 3.00 bits per heavy atom. The van der Waals surface area contributed by atoms with E-state index in [1.807, 2.05) is 6.07 Å². The fourth-order valence-corrected chi connectivity index (χ4v) is 2.21. The van der Waals surface area contributed by atoms with Gasteiger partial charge in [-0.3, -0.25) is 0 Å². The summed E-state index contributed by atoms with van der Waals surface area (Å²) in [6.45, 7) is 1.98. The van der Waals surface area contributed by atoms with E-state index in [2.05, 4.69) is 4.98 Å². The molecule has 0 fully saturated rings. The van der Waals surface area contributed by atoms with Crippen molar-refractivity contribution in [2.24, 2.45) is 0 Å². The number of esters is 1. The molecule has 0 bridgehead atoms. The van der Waals surface area contributed by atoms with Gasteiger partial charge in [0.05, 0.1) is 23.9 Å². The van der Waals surface area contributed by atoms with E-state index >= 15 is 0 Å². The Hall–Kier alpha value is -2.26. The van der Waals surface area contributed by atoms with Gasteiger partial charge in [-0.25, -0.2) is 14.2 Å². The van der Waals surface area contributed by atoms with Crippen LogP contribution in [0.5, 0.6) is 0 Å². The van der Waals surface area contributed by atoms with Gasteiger partial charge in [0.15, 0.2) is 0 Å². The van der Waals surface area contributed by atoms with Crippen molar-refractivity contribution in [1.29, 1.82) is 5.26 Å². The van der Waals surface area contributed by atoms with Crippen molar-refractivity contribution in [2.75, 3.05) is 6.61 Å². The van der Waals surface area contributed by atoms with Crippen LogP contribution in [0.2, 0.25) is 0 Å². The lowest BCUT2D eigenvalue weighted by molar-refractivity contribution is 0.0526. The molecule has 19 heavy (non-hydrogen) atoms. The summed E-state index contributed by atoms with van der Waals surface area (Å²) in [5.74, 6) is -1.02. The van der Waals surface area contributed by atoms with Crippen LogP contribution in [0.3, 0.4) is 0 Å². The topological polar surface area (TPSA) is 63.0 Å². The molecule has 96 valence electrons. The maximum absolute atomic E-state index is 13.3. The second kappa shape index (κ2) is 5.59. The number of halogens is 1. The van der Waals surface area contributed by atoms with Gasteiger partial charge in [0.1, 0.15) is 5.82 Å². The Morgan fingerprint density at radius 1 is 1.53 bits per heavy atom. The van der Waals surface area contributed by atoms with Gasteiger partial charge >= 0.3 is 5.97 Å². The highest BCUT2D eigenvalue weighted by atomic mass is 32.1. The van der Waals surface area contributed by atoms with Crippen molar-refractivity contribution in [3.63, 3.8) is 0 Å². The minimum Gasteiger partial charge on any atom is -0.461 e. The maximum Gasteiger partial charge on any atom is 0.367 e. The van der Waals surface area contributed by atoms with Crippen LogP contribution in [0, 0.1) is 17.1 Å². The summed E-state index contributed by atoms with van der Waals surface area (Å²) < 4.78 is 18.1. The molecule has 1 heterocycles. The molecule has 0 amide bonds. The number of hydrogen-bond donors (Lipinski definition) is 0. The Bertz CT molecular complexity index is 661. The first-order valence-corrected chi connectivity index (χ1v) is 6.35. The summed E-state index contributed by atoms with van der Waals surface area (Å²) in [5, 5.41) is 10.6. The molecule has 0 unspecified atom stereocenters. The largest absolute Gasteiger partial charge is 0.461 e. The van der Waals surface area contributed by atoms with Gasteiger partial charge in [0.25, 0.3) is 0 Å². The molecule has 0 saturated heterocycles. The number of rotatable bonds is 3. The maximum atomic E-state index is 13.3. The molecule has 4 nitrogen and oxygen atoms in total. The zero-order valence-electron chi connectivity index (χ0n) is 10.0. The van der Waals surface area contributed by atoms with Gasteiger partial charge in [-0.2, -0.15) is 5.26 Å². The Kier molecular flexibility index (Phi) is 3.88. The number of nitrogens with zero attached hydrogens (tertiary/aromatic N) is 2. The Labute approximate surface area is 113 Å². The van der Waals surface area contributed by atoms with Crippen LogP contribution in [0.15, 0.2) is 23.6 Å². The summed E-state index contributed by atoms with van der Waals surface area (Å²) in [6, 6.07) is 5.80. The van der Waals surface area contributed by atoms with Crippen molar-refractivity contribution < 1.29 is 13.9 Å². The first-order valence-electron chi connectivity index (χ1n) is 5.47. The number of ether oxygens (including phenoxy) is 1. The number of carbonyl (C=O) groups excluding carboxylic acids is 1. The molecule has 2 rings (SSSR count). The average Bonchev–Trinajstić information content (AvgIpc) is 2.88. The van der Waals surface area contributed by atoms with E-state index in [-0.39, 0.29) is 17.2 Å². The predicted molar refractivity (Wildman–Crippen MR) is 68.2 cm³/mol. The monoisotopic (exact) mass is 276 g/mol. The van der Waals surface area contributed by atoms with Crippen LogP contribution in [-0.2, 0) is 4.74 Å². The molecule has 1 aromatic heterocycles. The number of benzene rings is 1. The Balaban J connectivity index is 2.35. The number of hydrogen-bond acceptors (Lipinski definition) is 5. The lowest BCUT2D eigenvalue weighted by atomic mass is 10.1. The summed E-state index contributed by atoms with van der Waals surface area (Å²) >= 11 is 1.12. The number of nitriles is 1. The second-order valence-corrected chi connectivity index (χ2v) is 4.46. The minimum absolute atomic E-state index is 0.208. The third kappa shape index (κ3) is 2.95. The van der Waals surface area contributed by atoms with E-state index in [1.165, 1.54) is 12.1 Å². The average molecular weight is 276 g/mol. The van der Waals surface area contributed by atoms with Crippen LogP contribution in [0.25, 0.3) is 11.3 Å². The van der Waals surface area contributed by atoms with E-state index in [4.69, 9.17) is 10.00 Å². The summed E-state index contributed by atoms with van der Waals surface area (Å²) in [6.07, 6.45) is 0. The van der Waals surface area contributed by atoms with Gasteiger partial charge in [-0.15, -0.1) is 11.3 Å². The molecular formula is C13H9FN2O2S. The van der Waals surface area contributed by atoms with E-state index in [0.29, 0.717) is 11.3 Å². The van der Waals surface area contributed by atoms with Crippen LogP contribution in [0.1, 0.15) is 22.3 Å². The fourth-order valence-electron chi connectivity index (χ4n) is 1.49. The zero-order chi connectivity index (χ0) is 13.8. The molecule has 0 aliphatic rings. The smallest absolute Gasteiger partial charge is 0.367 e. The van der Waals surface area contributed by atoms with Crippen LogP contribution in [0.4, 0.5) is 4.39 Å². The van der Waals surface area contributed by atoms with Crippen molar-refractivity contribution in [3.05, 3.63) is 40.0 Å². The third-order valence-electron chi connectivity index (χ3n) is 2.28. The first-order chi connectivity index (χ1) is 9.13. The first kappa shape index (κ1) is 13.2. The van der Waals surface area contributed by atoms with E-state index in [9.17, 15) is 9.18 Å². The van der Waals surface area contributed by atoms with Gasteiger partial charge in [-0.05, 0) is 25.1 Å². The van der Waals surface area contributed by atoms with Crippen molar-refractivity contribution in [2.45, 2.75) is 6.92 Å². The van der Waals surface area contributed by atoms with E-state index in [0.717, 1.165) is 17.4 Å². The normalized spacial score (nSPS) is 9.95. The molecule has 0 saturated carbocycles. The molecule has 2 aromatic rings. The third-order valence-corrected chi connectivity index (χ3v) is 3.10. The number of carbonyl (C=O) groups is 1. The standard InChI is InChI=1S/C13H9FN2O2S/c1-2-18-13(17)12-16-11(7-19-12)9-3-8(6-15)4-10(14)5-9/h3-5,7H,2H2,1H3. The minimum atomic E-state index is -0.514. The summed E-state index contributed by atoms with van der Waals surface area (Å²) in [4.78, 5) is 15.6. The summed E-state index contributed by atoms with van der Waals surface area (Å²) in [7, 11) is 0. The summed E-state index contributed by atoms with van der Waals surface area (Å²) in [5.41, 5.74) is 1.12. The highest BCUT2D eigenvalue weighted by molar-refractivity contribution is 7.11. The Morgan fingerprint density at radius 2 is 2.32 bits per heavy atom. The molecule has 1 aromatic carbocycles. The van der Waals surface area contributed by atoms with Gasteiger partial charge in [0, 0.05) is 10.9 Å². The van der Waals surface area contributed by atoms with Gasteiger partial charge < -0.3 is 4.74 Å². The molecule has 0 N–H and O–H groups in total. The lowest BCUT2D eigenvalue weighted by Gasteiger charge is -1.99. The second-order valence-electron chi connectivity index (χ2n) is 3.60. The van der Waals surface area contributed by atoms with Crippen LogP contribution >= 0.6 is 11.3 Å². The molecular weight excluding hydrogens is 267 g/mol. The molecule has 0 aliphatic carbocycles. The molecule has 0 spiro atoms. The quantitative estimate of drug-likeness (QED) is 0.808. The fraction of sp³-hybridized carbons (Fsp3) is 0.154. The van der Waals surface area contributed by atoms with Crippen LogP contribution < -0.4 is 0 Å². The van der Waals surface area contributed by atoms with Gasteiger partial charge in [-0.1, -0.05) is 0 Å². The van der Waals surface area contributed by atoms with Crippen LogP contribution in [-0.4, -0.2) is 17.6 Å². The number of thiazole rings is 1. The van der Waals surface area contributed by atoms with Crippen molar-refractivity contribution in [1.82, 2.24) is 4.98 Å². The molecule has 0 radical (unpaired) electrons. The highest BCUT2D eigenvalue weighted by Gasteiger charge is 2.13. The van der Waals surface area contributed by atoms with E-state index in [1.54, 1.807) is 12.3 Å². The molecule has 6 heteroatoms. The highest BCUT2D eigenvalue weighted by Crippen LogP contribution is 2.24. The van der Waals surface area contributed by atoms with Gasteiger partial charge in [0.2, 0.25) is 5.01 Å². The zero-order valence-corrected chi connectivity index (χ0v) is 10.8. The van der Waals surface area contributed by atoms with Crippen molar-refractivity contribution in [3.8, 4) is 17.3 Å². The lowest BCUT2D eigenvalue weighted by Crippen LogP contribution is -2.03. The predicted octanol–water partition coefficient (Wildman–Crippen LogP) is 3.00. The van der Waals surface area contributed by atoms with E-state index < -0.39 is 11.8 Å². The SMILES string of the molecule is CCOC(=O)c1nc(-c2cc(F)cc(C#N)c2)cs1. The molecule has 0 aliphatic heterocycles.